The number of hydrazone groups is 1. The summed E-state index contributed by atoms with van der Waals surface area (Å²) in [4.78, 5) is 0.556. The van der Waals surface area contributed by atoms with E-state index in [0.717, 1.165) is 0 Å². The van der Waals surface area contributed by atoms with Gasteiger partial charge < -0.3 is 10.9 Å². The molecule has 0 fully saturated rings. The van der Waals surface area contributed by atoms with Gasteiger partial charge in [0, 0.05) is 0 Å². The molecule has 12 heavy (non-hydrogen) atoms. The van der Waals surface area contributed by atoms with Crippen LogP contribution in [0, 0.1) is 0 Å². The Morgan fingerprint density at radius 2 is 2.00 bits per heavy atom. The molecule has 0 aliphatic rings. The van der Waals surface area contributed by atoms with Crippen molar-refractivity contribution in [1.29, 1.82) is 0 Å². The van der Waals surface area contributed by atoms with E-state index in [0.29, 0.717) is 4.79 Å². The Bertz CT molecular complexity index is 230. The molecule has 0 saturated heterocycles. The van der Waals surface area contributed by atoms with Crippen LogP contribution in [0.5, 0.6) is 6.01 Å². The minimum absolute atomic E-state index is 0.0324. The van der Waals surface area contributed by atoms with E-state index in [-0.39, 0.29) is 5.96 Å². The molecule has 1 heterocycles. The molecule has 0 aromatic carbocycles. The third-order valence-corrected chi connectivity index (χ3v) is 0.629. The third-order valence-electron chi connectivity index (χ3n) is 0.629. The number of nitrogens with two attached hydrogens (primary N) is 4. The second-order valence-corrected chi connectivity index (χ2v) is 1.51. The summed E-state index contributed by atoms with van der Waals surface area (Å²) in [6.07, 6.45) is 0. The van der Waals surface area contributed by atoms with Crippen LogP contribution in [0.3, 0.4) is 0 Å². The summed E-state index contributed by atoms with van der Waals surface area (Å²) in [5.74, 6) is 9.47. The zero-order chi connectivity index (χ0) is 9.56. The van der Waals surface area contributed by atoms with Gasteiger partial charge in [-0.15, -0.1) is 5.10 Å². The Hall–Kier alpha value is -2.26. The molecule has 1 rings (SSSR count). The number of rotatable bonds is 0. The Labute approximate surface area is 66.8 Å². The van der Waals surface area contributed by atoms with Crippen molar-refractivity contribution in [2.24, 2.45) is 17.3 Å². The summed E-state index contributed by atoms with van der Waals surface area (Å²) in [6, 6.07) is -0.639. The van der Waals surface area contributed by atoms with Crippen molar-refractivity contribution in [3.63, 3.8) is 0 Å². The number of hydrogen-bond acceptors (Lipinski definition) is 6. The molecule has 0 bridgehead atoms. The number of nitrogen functional groups attached to an aromatic ring is 1. The number of aromatic nitrogens is 4. The van der Waals surface area contributed by atoms with Crippen molar-refractivity contribution >= 4 is 5.96 Å². The molecular weight excluding hydrogens is 166 g/mol. The molecule has 1 aromatic heterocycles. The molecule has 10 nitrogen and oxygen atoms in total. The highest BCUT2D eigenvalue weighted by Gasteiger charge is 1.81. The van der Waals surface area contributed by atoms with Gasteiger partial charge in [0.2, 0.25) is 0 Å². The van der Waals surface area contributed by atoms with E-state index in [1.165, 1.54) is 0 Å². The molecule has 0 aliphatic heterocycles. The minimum Gasteiger partial charge on any atom is -0.842 e. The largest absolute Gasteiger partial charge is 0.842 e. The number of guanidine groups is 1. The van der Waals surface area contributed by atoms with E-state index in [9.17, 15) is 5.11 Å². The zero-order valence-corrected chi connectivity index (χ0v) is 6.01. The summed E-state index contributed by atoms with van der Waals surface area (Å²) >= 11 is 0. The van der Waals surface area contributed by atoms with Crippen molar-refractivity contribution < 1.29 is 10.2 Å². The van der Waals surface area contributed by atoms with Gasteiger partial charge in [-0.1, -0.05) is 0 Å². The second-order valence-electron chi connectivity index (χ2n) is 1.51. The molecule has 9 N–H and O–H groups in total. The first-order valence-corrected chi connectivity index (χ1v) is 2.63. The smallest absolute Gasteiger partial charge is 0.360 e. The first kappa shape index (κ1) is 9.74. The molecule has 0 unspecified atom stereocenters. The lowest BCUT2D eigenvalue weighted by molar-refractivity contribution is -0.471. The lowest BCUT2D eigenvalue weighted by Gasteiger charge is -1.95. The zero-order valence-electron chi connectivity index (χ0n) is 6.01. The molecule has 0 saturated carbocycles. The molecule has 10 heteroatoms. The normalized spacial score (nSPS) is 8.00. The van der Waals surface area contributed by atoms with E-state index < -0.39 is 6.01 Å². The van der Waals surface area contributed by atoms with Gasteiger partial charge in [0.15, 0.2) is 0 Å². The first-order valence-electron chi connectivity index (χ1n) is 2.63. The fraction of sp³-hybridized carbons (Fsp3) is 0. The summed E-state index contributed by atoms with van der Waals surface area (Å²) in [6.45, 7) is 0. The molecule has 0 spiro atoms. The molecule has 0 amide bonds. The van der Waals surface area contributed by atoms with Crippen LogP contribution in [0.25, 0.3) is 0 Å². The van der Waals surface area contributed by atoms with Gasteiger partial charge in [0.05, 0.1) is 0 Å². The van der Waals surface area contributed by atoms with Crippen LogP contribution in [-0.2, 0) is 0 Å². The molecular formula is C2H9N9O. The Morgan fingerprint density at radius 1 is 1.50 bits per heavy atom. The van der Waals surface area contributed by atoms with Gasteiger partial charge in [-0.05, 0) is 10.4 Å². The number of hydrazine groups is 1. The predicted octanol–water partition coefficient (Wildman–Crippen LogP) is -6.33. The molecule has 68 valence electrons. The van der Waals surface area contributed by atoms with Crippen LogP contribution in [-0.4, -0.2) is 26.3 Å². The predicted molar refractivity (Wildman–Crippen MR) is 35.9 cm³/mol. The summed E-state index contributed by atoms with van der Waals surface area (Å²) in [7, 11) is 0. The van der Waals surface area contributed by atoms with Crippen LogP contribution in [0.2, 0.25) is 0 Å². The number of hydrogen-bond donors (Lipinski definition) is 5. The Morgan fingerprint density at radius 3 is 2.08 bits per heavy atom. The summed E-state index contributed by atoms with van der Waals surface area (Å²) in [5, 5.41) is 20.9. The average molecular weight is 175 g/mol. The van der Waals surface area contributed by atoms with Crippen LogP contribution >= 0.6 is 0 Å². The van der Waals surface area contributed by atoms with Gasteiger partial charge in [-0.3, -0.25) is 17.3 Å². The van der Waals surface area contributed by atoms with Gasteiger partial charge >= 0.3 is 5.96 Å². The topological polar surface area (TPSA) is 185 Å². The van der Waals surface area contributed by atoms with Gasteiger partial charge in [-0.25, -0.2) is 0 Å². The van der Waals surface area contributed by atoms with E-state index in [4.69, 9.17) is 17.3 Å². The lowest BCUT2D eigenvalue weighted by Crippen LogP contribution is -2.84. The lowest BCUT2D eigenvalue weighted by atomic mass is 11.1. The highest BCUT2D eigenvalue weighted by molar-refractivity contribution is 5.68. The van der Waals surface area contributed by atoms with E-state index >= 15 is 0 Å². The second kappa shape index (κ2) is 4.54. The van der Waals surface area contributed by atoms with Gasteiger partial charge in [-0.2, -0.15) is 9.89 Å². The number of nitrogens with one attached hydrogen (secondary N) is 1. The fourth-order valence-electron chi connectivity index (χ4n) is 0.185. The fourth-order valence-corrected chi connectivity index (χ4v) is 0.185. The molecule has 1 aromatic rings. The maximum Gasteiger partial charge on any atom is 0.360 e. The quantitative estimate of drug-likeness (QED) is 0.111. The van der Waals surface area contributed by atoms with Crippen molar-refractivity contribution in [3.8, 4) is 6.01 Å². The van der Waals surface area contributed by atoms with E-state index in [1.807, 2.05) is 5.10 Å². The molecule has 0 aliphatic carbocycles. The van der Waals surface area contributed by atoms with Crippen LogP contribution in [0.4, 0.5) is 0 Å². The first-order chi connectivity index (χ1) is 5.57. The summed E-state index contributed by atoms with van der Waals surface area (Å²) in [5.41, 5.74) is 9.50. The standard InChI is InChI=1S/CH3N5O.CH6N4/c2-6-1(7)3-4-5-6;2-1(3)5-4/h2H2,(H,3,5,7);4H2,(H4,2,3,5). The van der Waals surface area contributed by atoms with Gasteiger partial charge in [0.25, 0.3) is 0 Å². The summed E-state index contributed by atoms with van der Waals surface area (Å²) < 4.78 is 0. The molecule has 0 atom stereocenters. The van der Waals surface area contributed by atoms with Crippen molar-refractivity contribution in [1.82, 2.24) is 20.3 Å². The highest BCUT2D eigenvalue weighted by Crippen LogP contribution is 1.81. The number of nitrogens with zero attached hydrogens (tertiary/aromatic N) is 4. The van der Waals surface area contributed by atoms with Crippen molar-refractivity contribution in [2.45, 2.75) is 0 Å². The van der Waals surface area contributed by atoms with Gasteiger partial charge in [0.1, 0.15) is 6.01 Å². The Balaban J connectivity index is 0.000000217. The van der Waals surface area contributed by atoms with Crippen molar-refractivity contribution in [3.05, 3.63) is 0 Å². The van der Waals surface area contributed by atoms with E-state index in [1.54, 1.807) is 0 Å². The SMILES string of the molecule is N[NH+]=C(N)N.Nn1nnnc1[O-]. The van der Waals surface area contributed by atoms with Crippen molar-refractivity contribution in [2.75, 3.05) is 5.84 Å². The van der Waals surface area contributed by atoms with Crippen LogP contribution < -0.4 is 33.4 Å². The maximum atomic E-state index is 10.0. The molecule has 0 radical (unpaired) electrons. The Kier molecular flexibility index (Phi) is 3.68. The third kappa shape index (κ3) is 3.71. The van der Waals surface area contributed by atoms with E-state index in [2.05, 4.69) is 21.4 Å². The van der Waals surface area contributed by atoms with Crippen LogP contribution in [0.1, 0.15) is 0 Å². The van der Waals surface area contributed by atoms with Crippen LogP contribution in [0.15, 0.2) is 0 Å². The maximum absolute atomic E-state index is 10.0. The highest BCUT2D eigenvalue weighted by atomic mass is 16.3. The minimum atomic E-state index is -0.639. The average Bonchev–Trinajstić information content (AvgIpc) is 2.37. The number of tetrazole rings is 1. The monoisotopic (exact) mass is 175 g/mol.